The maximum atomic E-state index is 3.64. The first-order valence-corrected chi connectivity index (χ1v) is 8.25. The van der Waals surface area contributed by atoms with E-state index < -0.39 is 0 Å². The van der Waals surface area contributed by atoms with E-state index in [4.69, 9.17) is 0 Å². The van der Waals surface area contributed by atoms with Gasteiger partial charge in [0.05, 0.1) is 0 Å². The van der Waals surface area contributed by atoms with Crippen LogP contribution in [0.2, 0.25) is 0 Å². The Morgan fingerprint density at radius 3 is 2.53 bits per heavy atom. The summed E-state index contributed by atoms with van der Waals surface area (Å²) in [6, 6.07) is 4.57. The maximum absolute atomic E-state index is 3.64. The largest absolute Gasteiger partial charge is 0.312 e. The highest BCUT2D eigenvalue weighted by Gasteiger charge is 2.17. The van der Waals surface area contributed by atoms with Gasteiger partial charge in [0, 0.05) is 16.3 Å². The Labute approximate surface area is 122 Å². The molecule has 2 nitrogen and oxygen atoms in total. The van der Waals surface area contributed by atoms with Crippen molar-refractivity contribution in [1.29, 1.82) is 0 Å². The summed E-state index contributed by atoms with van der Waals surface area (Å²) in [5, 5.41) is 3.64. The van der Waals surface area contributed by atoms with Crippen LogP contribution in [-0.4, -0.2) is 31.6 Å². The summed E-state index contributed by atoms with van der Waals surface area (Å²) in [7, 11) is 2.23. The van der Waals surface area contributed by atoms with Gasteiger partial charge in [-0.25, -0.2) is 0 Å². The van der Waals surface area contributed by atoms with Crippen molar-refractivity contribution in [3.05, 3.63) is 21.9 Å². The summed E-state index contributed by atoms with van der Waals surface area (Å²) in [5.41, 5.74) is 0.289. The normalized spacial score (nSPS) is 18.9. The van der Waals surface area contributed by atoms with Gasteiger partial charge >= 0.3 is 0 Å². The Bertz CT molecular complexity index is 384. The molecule has 0 aliphatic carbocycles. The van der Waals surface area contributed by atoms with E-state index in [9.17, 15) is 0 Å². The Morgan fingerprint density at radius 1 is 1.26 bits per heavy atom. The van der Waals surface area contributed by atoms with Gasteiger partial charge in [-0.05, 0) is 63.0 Å². The second-order valence-corrected chi connectivity index (χ2v) is 8.06. The summed E-state index contributed by atoms with van der Waals surface area (Å²) in [6.45, 7) is 11.6. The standard InChI is InChI=1S/C16H28N2S/c1-16(2,3)15-6-5-14(19-15)12-17-11-13-7-9-18(4)10-8-13/h5-6,13,17H,7-12H2,1-4H3. The molecule has 108 valence electrons. The second-order valence-electron chi connectivity index (χ2n) is 6.89. The van der Waals surface area contributed by atoms with Crippen LogP contribution in [0.5, 0.6) is 0 Å². The lowest BCUT2D eigenvalue weighted by atomic mass is 9.95. The Kier molecular flexibility index (Phi) is 5.04. The van der Waals surface area contributed by atoms with Crippen LogP contribution >= 0.6 is 11.3 Å². The zero-order chi connectivity index (χ0) is 13.9. The molecule has 0 atom stereocenters. The van der Waals surface area contributed by atoms with E-state index in [1.54, 1.807) is 0 Å². The first kappa shape index (κ1) is 15.0. The van der Waals surface area contributed by atoms with E-state index in [-0.39, 0.29) is 5.41 Å². The van der Waals surface area contributed by atoms with Crippen molar-refractivity contribution in [2.24, 2.45) is 5.92 Å². The molecule has 0 saturated carbocycles. The molecule has 3 heteroatoms. The fourth-order valence-electron chi connectivity index (χ4n) is 2.54. The first-order chi connectivity index (χ1) is 8.95. The number of likely N-dealkylation sites (tertiary alicyclic amines) is 1. The molecule has 1 fully saturated rings. The van der Waals surface area contributed by atoms with Gasteiger partial charge < -0.3 is 10.2 Å². The van der Waals surface area contributed by atoms with Gasteiger partial charge in [-0.3, -0.25) is 0 Å². The summed E-state index contributed by atoms with van der Waals surface area (Å²) >= 11 is 1.96. The Hall–Kier alpha value is -0.380. The molecule has 0 bridgehead atoms. The van der Waals surface area contributed by atoms with Crippen molar-refractivity contribution < 1.29 is 0 Å². The van der Waals surface area contributed by atoms with Crippen LogP contribution in [-0.2, 0) is 12.0 Å². The lowest BCUT2D eigenvalue weighted by Crippen LogP contribution is -2.34. The van der Waals surface area contributed by atoms with Gasteiger partial charge in [0.15, 0.2) is 0 Å². The Balaban J connectivity index is 1.72. The molecule has 1 aromatic rings. The van der Waals surface area contributed by atoms with Gasteiger partial charge in [-0.2, -0.15) is 0 Å². The van der Waals surface area contributed by atoms with Gasteiger partial charge in [-0.15, -0.1) is 11.3 Å². The number of rotatable bonds is 4. The SMILES string of the molecule is CN1CCC(CNCc2ccc(C(C)(C)C)s2)CC1. The van der Waals surface area contributed by atoms with Crippen LogP contribution in [0.25, 0.3) is 0 Å². The molecule has 1 N–H and O–H groups in total. The van der Waals surface area contributed by atoms with E-state index in [1.165, 1.54) is 42.2 Å². The highest BCUT2D eigenvalue weighted by molar-refractivity contribution is 7.12. The third-order valence-electron chi connectivity index (χ3n) is 3.97. The average molecular weight is 280 g/mol. The molecule has 0 aromatic carbocycles. The topological polar surface area (TPSA) is 15.3 Å². The van der Waals surface area contributed by atoms with Crippen LogP contribution < -0.4 is 5.32 Å². The molecule has 1 aliphatic heterocycles. The van der Waals surface area contributed by atoms with Gasteiger partial charge in [-0.1, -0.05) is 20.8 Å². The predicted octanol–water partition coefficient (Wildman–Crippen LogP) is 3.48. The summed E-state index contributed by atoms with van der Waals surface area (Å²) in [6.07, 6.45) is 2.70. The maximum Gasteiger partial charge on any atom is 0.0299 e. The lowest BCUT2D eigenvalue weighted by molar-refractivity contribution is 0.216. The molecule has 0 radical (unpaired) electrons. The highest BCUT2D eigenvalue weighted by atomic mass is 32.1. The van der Waals surface area contributed by atoms with Crippen molar-refractivity contribution >= 4 is 11.3 Å². The predicted molar refractivity (Wildman–Crippen MR) is 84.9 cm³/mol. The number of hydrogen-bond acceptors (Lipinski definition) is 3. The van der Waals surface area contributed by atoms with E-state index in [1.807, 2.05) is 11.3 Å². The molecule has 2 rings (SSSR count). The fraction of sp³-hybridized carbons (Fsp3) is 0.750. The third-order valence-corrected chi connectivity index (χ3v) is 5.48. The molecular weight excluding hydrogens is 252 g/mol. The van der Waals surface area contributed by atoms with Crippen molar-refractivity contribution in [2.45, 2.75) is 45.6 Å². The monoisotopic (exact) mass is 280 g/mol. The third kappa shape index (κ3) is 4.59. The molecule has 0 spiro atoms. The molecule has 1 saturated heterocycles. The molecule has 1 aliphatic rings. The van der Waals surface area contributed by atoms with Gasteiger partial charge in [0.2, 0.25) is 0 Å². The van der Waals surface area contributed by atoms with Crippen molar-refractivity contribution in [1.82, 2.24) is 10.2 Å². The second kappa shape index (κ2) is 6.38. The smallest absolute Gasteiger partial charge is 0.0299 e. The van der Waals surface area contributed by atoms with Crippen LogP contribution in [0.4, 0.5) is 0 Å². The van der Waals surface area contributed by atoms with E-state index >= 15 is 0 Å². The zero-order valence-corrected chi connectivity index (χ0v) is 13.6. The number of piperidine rings is 1. The van der Waals surface area contributed by atoms with Gasteiger partial charge in [0.1, 0.15) is 0 Å². The zero-order valence-electron chi connectivity index (χ0n) is 12.8. The minimum Gasteiger partial charge on any atom is -0.312 e. The molecule has 0 amide bonds. The van der Waals surface area contributed by atoms with E-state index in [0.29, 0.717) is 0 Å². The van der Waals surface area contributed by atoms with E-state index in [0.717, 1.165) is 12.5 Å². The van der Waals surface area contributed by atoms with Crippen LogP contribution in [0.1, 0.15) is 43.4 Å². The summed E-state index contributed by atoms with van der Waals surface area (Å²) in [5.74, 6) is 0.873. The average Bonchev–Trinajstić information content (AvgIpc) is 2.80. The van der Waals surface area contributed by atoms with Crippen LogP contribution in [0.15, 0.2) is 12.1 Å². The summed E-state index contributed by atoms with van der Waals surface area (Å²) < 4.78 is 0. The minimum absolute atomic E-state index is 0.289. The Morgan fingerprint density at radius 2 is 1.95 bits per heavy atom. The fourth-order valence-corrected chi connectivity index (χ4v) is 3.58. The number of nitrogens with zero attached hydrogens (tertiary/aromatic N) is 1. The number of hydrogen-bond donors (Lipinski definition) is 1. The quantitative estimate of drug-likeness (QED) is 0.908. The van der Waals surface area contributed by atoms with Crippen LogP contribution in [0, 0.1) is 5.92 Å². The van der Waals surface area contributed by atoms with Crippen molar-refractivity contribution in [3.63, 3.8) is 0 Å². The minimum atomic E-state index is 0.289. The molecular formula is C16H28N2S. The molecule has 2 heterocycles. The highest BCUT2D eigenvalue weighted by Crippen LogP contribution is 2.29. The first-order valence-electron chi connectivity index (χ1n) is 7.43. The van der Waals surface area contributed by atoms with E-state index in [2.05, 4.69) is 50.2 Å². The number of nitrogens with one attached hydrogen (secondary N) is 1. The molecule has 0 unspecified atom stereocenters. The van der Waals surface area contributed by atoms with Gasteiger partial charge in [0.25, 0.3) is 0 Å². The lowest BCUT2D eigenvalue weighted by Gasteiger charge is -2.28. The van der Waals surface area contributed by atoms with Crippen LogP contribution in [0.3, 0.4) is 0 Å². The molecule has 1 aromatic heterocycles. The summed E-state index contributed by atoms with van der Waals surface area (Å²) in [4.78, 5) is 5.40. The van der Waals surface area contributed by atoms with Crippen molar-refractivity contribution in [3.8, 4) is 0 Å². The number of thiophene rings is 1. The van der Waals surface area contributed by atoms with Crippen molar-refractivity contribution in [2.75, 3.05) is 26.7 Å². The molecule has 19 heavy (non-hydrogen) atoms.